The summed E-state index contributed by atoms with van der Waals surface area (Å²) in [4.78, 5) is 13.1. The van der Waals surface area contributed by atoms with E-state index in [1.54, 1.807) is 18.2 Å². The summed E-state index contributed by atoms with van der Waals surface area (Å²) in [6.07, 6.45) is 1.31. The zero-order valence-electron chi connectivity index (χ0n) is 12.5. The van der Waals surface area contributed by atoms with Gasteiger partial charge in [0.1, 0.15) is 0 Å². The van der Waals surface area contributed by atoms with Gasteiger partial charge in [0.05, 0.1) is 21.2 Å². The second-order valence-corrected chi connectivity index (χ2v) is 7.21. The molecule has 2 aromatic carbocycles. The van der Waals surface area contributed by atoms with E-state index in [9.17, 15) is 13.2 Å². The van der Waals surface area contributed by atoms with Crippen LogP contribution in [0.15, 0.2) is 52.5 Å². The first-order valence-electron chi connectivity index (χ1n) is 6.65. The molecule has 2 aromatic rings. The van der Waals surface area contributed by atoms with E-state index in [0.717, 1.165) is 0 Å². The van der Waals surface area contributed by atoms with Crippen molar-refractivity contribution in [3.05, 3.63) is 58.1 Å². The van der Waals surface area contributed by atoms with Crippen LogP contribution in [-0.4, -0.2) is 20.5 Å². The third-order valence-electron chi connectivity index (χ3n) is 2.82. The van der Waals surface area contributed by atoms with Crippen LogP contribution in [0.25, 0.3) is 0 Å². The lowest BCUT2D eigenvalue weighted by Gasteiger charge is -2.05. The summed E-state index contributed by atoms with van der Waals surface area (Å²) in [6, 6.07) is 10.5. The second-order valence-electron chi connectivity index (χ2n) is 4.73. The van der Waals surface area contributed by atoms with Crippen molar-refractivity contribution < 1.29 is 13.2 Å². The Morgan fingerprint density at radius 2 is 1.75 bits per heavy atom. The van der Waals surface area contributed by atoms with Crippen LogP contribution in [0, 0.1) is 0 Å². The van der Waals surface area contributed by atoms with Gasteiger partial charge < -0.3 is 5.32 Å². The maximum atomic E-state index is 12.1. The molecule has 0 aliphatic heterocycles. The van der Waals surface area contributed by atoms with E-state index in [1.807, 2.05) is 0 Å². The molecule has 0 aliphatic rings. The number of amides is 1. The van der Waals surface area contributed by atoms with Gasteiger partial charge in [-0.25, -0.2) is 4.83 Å². The molecule has 0 heterocycles. The maximum Gasteiger partial charge on any atom is 0.276 e. The molecular weight excluding hydrogens is 373 g/mol. The van der Waals surface area contributed by atoms with Crippen molar-refractivity contribution >= 4 is 51.0 Å². The van der Waals surface area contributed by atoms with Gasteiger partial charge in [0.2, 0.25) is 5.91 Å². The summed E-state index contributed by atoms with van der Waals surface area (Å²) in [5, 5.41) is 6.99. The van der Waals surface area contributed by atoms with Crippen molar-refractivity contribution in [1.29, 1.82) is 0 Å². The largest absolute Gasteiger partial charge is 0.326 e. The molecule has 6 nitrogen and oxygen atoms in total. The van der Waals surface area contributed by atoms with E-state index in [0.29, 0.717) is 21.3 Å². The van der Waals surface area contributed by atoms with E-state index < -0.39 is 10.0 Å². The molecule has 0 aromatic heterocycles. The highest BCUT2D eigenvalue weighted by Gasteiger charge is 2.12. The Bertz CT molecular complexity index is 881. The van der Waals surface area contributed by atoms with Crippen LogP contribution in [0.4, 0.5) is 5.69 Å². The smallest absolute Gasteiger partial charge is 0.276 e. The highest BCUT2D eigenvalue weighted by atomic mass is 35.5. The summed E-state index contributed by atoms with van der Waals surface area (Å²) >= 11 is 11.7. The van der Waals surface area contributed by atoms with E-state index in [2.05, 4.69) is 15.2 Å². The predicted octanol–water partition coefficient (Wildman–Crippen LogP) is 3.26. The molecule has 0 fully saturated rings. The highest BCUT2D eigenvalue weighted by Crippen LogP contribution is 2.21. The third kappa shape index (κ3) is 4.95. The molecule has 126 valence electrons. The van der Waals surface area contributed by atoms with Crippen molar-refractivity contribution in [1.82, 2.24) is 4.83 Å². The normalized spacial score (nSPS) is 11.5. The standard InChI is InChI=1S/C15H13Cl2N3O3S/c1-10(21)19-12-3-5-13(6-4-12)24(22,23)20-18-9-11-2-7-14(16)15(17)8-11/h2-9,20H,1H3,(H,19,21)/b18-9-. The molecule has 0 aliphatic carbocycles. The third-order valence-corrected chi connectivity index (χ3v) is 4.79. The maximum absolute atomic E-state index is 12.1. The van der Waals surface area contributed by atoms with Gasteiger partial charge in [-0.15, -0.1) is 0 Å². The number of halogens is 2. The summed E-state index contributed by atoms with van der Waals surface area (Å²) < 4.78 is 24.2. The number of nitrogens with zero attached hydrogens (tertiary/aromatic N) is 1. The molecule has 0 saturated heterocycles. The van der Waals surface area contributed by atoms with E-state index >= 15 is 0 Å². The van der Waals surface area contributed by atoms with Crippen LogP contribution in [-0.2, 0) is 14.8 Å². The zero-order valence-corrected chi connectivity index (χ0v) is 14.8. The number of hydrogen-bond donors (Lipinski definition) is 2. The lowest BCUT2D eigenvalue weighted by Crippen LogP contribution is -2.18. The van der Waals surface area contributed by atoms with Gasteiger partial charge in [-0.2, -0.15) is 13.5 Å². The Balaban J connectivity index is 2.08. The summed E-state index contributed by atoms with van der Waals surface area (Å²) in [6.45, 7) is 1.37. The molecule has 0 atom stereocenters. The molecule has 2 rings (SSSR count). The Labute approximate surface area is 149 Å². The lowest BCUT2D eigenvalue weighted by molar-refractivity contribution is -0.114. The van der Waals surface area contributed by atoms with E-state index in [-0.39, 0.29) is 10.8 Å². The topological polar surface area (TPSA) is 87.6 Å². The number of nitrogens with one attached hydrogen (secondary N) is 2. The Hall–Kier alpha value is -2.09. The average Bonchev–Trinajstić information content (AvgIpc) is 2.50. The minimum Gasteiger partial charge on any atom is -0.326 e. The number of anilines is 1. The van der Waals surface area contributed by atoms with Gasteiger partial charge in [-0.05, 0) is 42.0 Å². The summed E-state index contributed by atoms with van der Waals surface area (Å²) in [5.74, 6) is -0.241. The summed E-state index contributed by atoms with van der Waals surface area (Å²) in [5.41, 5.74) is 1.09. The first-order valence-corrected chi connectivity index (χ1v) is 8.89. The first kappa shape index (κ1) is 18.3. The molecule has 0 bridgehead atoms. The van der Waals surface area contributed by atoms with Gasteiger partial charge in [-0.3, -0.25) is 4.79 Å². The van der Waals surface area contributed by atoms with Crippen molar-refractivity contribution in [2.75, 3.05) is 5.32 Å². The van der Waals surface area contributed by atoms with Crippen molar-refractivity contribution in [2.45, 2.75) is 11.8 Å². The number of carbonyl (C=O) groups excluding carboxylic acids is 1. The Morgan fingerprint density at radius 3 is 2.33 bits per heavy atom. The highest BCUT2D eigenvalue weighted by molar-refractivity contribution is 7.89. The minimum absolute atomic E-state index is 0.0166. The van der Waals surface area contributed by atoms with Crippen LogP contribution in [0.3, 0.4) is 0 Å². The second kappa shape index (κ2) is 7.65. The van der Waals surface area contributed by atoms with Crippen LogP contribution in [0.5, 0.6) is 0 Å². The molecule has 1 amide bonds. The molecular formula is C15H13Cl2N3O3S. The Kier molecular flexibility index (Phi) is 5.82. The molecule has 0 unspecified atom stereocenters. The average molecular weight is 386 g/mol. The number of rotatable bonds is 5. The fourth-order valence-corrected chi connectivity index (χ4v) is 2.83. The quantitative estimate of drug-likeness (QED) is 0.611. The zero-order chi connectivity index (χ0) is 17.7. The molecule has 24 heavy (non-hydrogen) atoms. The number of carbonyl (C=O) groups is 1. The van der Waals surface area contributed by atoms with Crippen LogP contribution in [0.2, 0.25) is 10.0 Å². The molecule has 0 spiro atoms. The van der Waals surface area contributed by atoms with Gasteiger partial charge in [0, 0.05) is 12.6 Å². The number of hydrogen-bond acceptors (Lipinski definition) is 4. The van der Waals surface area contributed by atoms with Crippen LogP contribution < -0.4 is 10.1 Å². The van der Waals surface area contributed by atoms with Gasteiger partial charge >= 0.3 is 0 Å². The minimum atomic E-state index is -3.81. The van der Waals surface area contributed by atoms with Crippen LogP contribution in [0.1, 0.15) is 12.5 Å². The first-order chi connectivity index (χ1) is 11.3. The predicted molar refractivity (Wildman–Crippen MR) is 95.1 cm³/mol. The van der Waals surface area contributed by atoms with Gasteiger partial charge in [0.25, 0.3) is 10.0 Å². The molecule has 2 N–H and O–H groups in total. The monoisotopic (exact) mass is 385 g/mol. The van der Waals surface area contributed by atoms with E-state index in [1.165, 1.54) is 37.4 Å². The molecule has 0 radical (unpaired) electrons. The SMILES string of the molecule is CC(=O)Nc1ccc(S(=O)(=O)N/N=C\c2ccc(Cl)c(Cl)c2)cc1. The fourth-order valence-electron chi connectivity index (χ4n) is 1.74. The number of benzene rings is 2. The number of hydrazone groups is 1. The Morgan fingerprint density at radius 1 is 1.08 bits per heavy atom. The van der Waals surface area contributed by atoms with Crippen LogP contribution >= 0.6 is 23.2 Å². The molecule has 9 heteroatoms. The number of sulfonamides is 1. The van der Waals surface area contributed by atoms with Gasteiger partial charge in [-0.1, -0.05) is 29.3 Å². The lowest BCUT2D eigenvalue weighted by atomic mass is 10.2. The van der Waals surface area contributed by atoms with Crippen molar-refractivity contribution in [2.24, 2.45) is 5.10 Å². The van der Waals surface area contributed by atoms with Gasteiger partial charge in [0.15, 0.2) is 0 Å². The summed E-state index contributed by atoms with van der Waals surface area (Å²) in [7, 11) is -3.81. The fraction of sp³-hybridized carbons (Fsp3) is 0.0667. The van der Waals surface area contributed by atoms with Crippen molar-refractivity contribution in [3.8, 4) is 0 Å². The van der Waals surface area contributed by atoms with Crippen molar-refractivity contribution in [3.63, 3.8) is 0 Å². The van der Waals surface area contributed by atoms with E-state index in [4.69, 9.17) is 23.2 Å². The molecule has 0 saturated carbocycles.